The SMILES string of the molecule is CC(NC(=O)Cc1c[nH]c2ccccc12)C(=O)O. The number of amides is 1. The van der Waals surface area contributed by atoms with Crippen LogP contribution in [-0.4, -0.2) is 28.0 Å². The van der Waals surface area contributed by atoms with Gasteiger partial charge in [-0.3, -0.25) is 9.59 Å². The Morgan fingerprint density at radius 3 is 2.83 bits per heavy atom. The number of rotatable bonds is 4. The number of hydrogen-bond acceptors (Lipinski definition) is 2. The van der Waals surface area contributed by atoms with Crippen molar-refractivity contribution in [2.45, 2.75) is 19.4 Å². The Morgan fingerprint density at radius 2 is 2.11 bits per heavy atom. The molecule has 1 heterocycles. The molecule has 2 aromatic rings. The van der Waals surface area contributed by atoms with E-state index < -0.39 is 12.0 Å². The molecular weight excluding hydrogens is 232 g/mol. The predicted octanol–water partition coefficient (Wildman–Crippen LogP) is 1.30. The molecule has 1 amide bonds. The summed E-state index contributed by atoms with van der Waals surface area (Å²) in [4.78, 5) is 25.4. The molecule has 1 aromatic heterocycles. The minimum atomic E-state index is -1.04. The summed E-state index contributed by atoms with van der Waals surface area (Å²) in [5.41, 5.74) is 1.83. The number of carbonyl (C=O) groups is 2. The van der Waals surface area contributed by atoms with Crippen LogP contribution in [0, 0.1) is 0 Å². The summed E-state index contributed by atoms with van der Waals surface area (Å²) < 4.78 is 0. The Kier molecular flexibility index (Phi) is 3.32. The summed E-state index contributed by atoms with van der Waals surface area (Å²) in [7, 11) is 0. The lowest BCUT2D eigenvalue weighted by Gasteiger charge is -2.08. The highest BCUT2D eigenvalue weighted by Gasteiger charge is 2.15. The third-order valence-corrected chi connectivity index (χ3v) is 2.77. The first-order valence-electron chi connectivity index (χ1n) is 5.65. The molecule has 0 aliphatic rings. The van der Waals surface area contributed by atoms with Crippen molar-refractivity contribution in [2.24, 2.45) is 0 Å². The highest BCUT2D eigenvalue weighted by Crippen LogP contribution is 2.17. The molecule has 0 radical (unpaired) electrons. The summed E-state index contributed by atoms with van der Waals surface area (Å²) in [6, 6.07) is 6.79. The Balaban J connectivity index is 2.10. The van der Waals surface area contributed by atoms with Gasteiger partial charge in [0.05, 0.1) is 6.42 Å². The van der Waals surface area contributed by atoms with E-state index >= 15 is 0 Å². The van der Waals surface area contributed by atoms with Crippen LogP contribution in [0.25, 0.3) is 10.9 Å². The Labute approximate surface area is 104 Å². The molecule has 1 atom stereocenters. The van der Waals surface area contributed by atoms with E-state index in [0.29, 0.717) is 0 Å². The summed E-state index contributed by atoms with van der Waals surface area (Å²) in [6.45, 7) is 1.44. The van der Waals surface area contributed by atoms with Crippen molar-refractivity contribution < 1.29 is 14.7 Å². The summed E-state index contributed by atoms with van der Waals surface area (Å²) in [5.74, 6) is -1.34. The molecule has 94 valence electrons. The first-order valence-corrected chi connectivity index (χ1v) is 5.65. The average Bonchev–Trinajstić information content (AvgIpc) is 2.72. The van der Waals surface area contributed by atoms with Gasteiger partial charge in [0.25, 0.3) is 0 Å². The molecule has 5 nitrogen and oxygen atoms in total. The second-order valence-corrected chi connectivity index (χ2v) is 4.16. The topological polar surface area (TPSA) is 82.2 Å². The highest BCUT2D eigenvalue weighted by molar-refractivity contribution is 5.90. The molecule has 18 heavy (non-hydrogen) atoms. The fraction of sp³-hybridized carbons (Fsp3) is 0.231. The zero-order valence-corrected chi connectivity index (χ0v) is 9.93. The lowest BCUT2D eigenvalue weighted by Crippen LogP contribution is -2.39. The van der Waals surface area contributed by atoms with Crippen molar-refractivity contribution in [1.29, 1.82) is 0 Å². The van der Waals surface area contributed by atoms with Crippen molar-refractivity contribution in [1.82, 2.24) is 10.3 Å². The van der Waals surface area contributed by atoms with Crippen molar-refractivity contribution >= 4 is 22.8 Å². The number of aromatic nitrogens is 1. The van der Waals surface area contributed by atoms with Crippen LogP contribution in [-0.2, 0) is 16.0 Å². The first kappa shape index (κ1) is 12.2. The van der Waals surface area contributed by atoms with E-state index in [4.69, 9.17) is 5.11 Å². The second-order valence-electron chi connectivity index (χ2n) is 4.16. The second kappa shape index (κ2) is 4.91. The van der Waals surface area contributed by atoms with E-state index in [2.05, 4.69) is 10.3 Å². The number of carboxylic acids is 1. The van der Waals surface area contributed by atoms with Crippen LogP contribution in [0.15, 0.2) is 30.5 Å². The van der Waals surface area contributed by atoms with Crippen molar-refractivity contribution in [3.63, 3.8) is 0 Å². The van der Waals surface area contributed by atoms with E-state index in [1.54, 1.807) is 6.20 Å². The molecule has 0 aliphatic heterocycles. The maximum Gasteiger partial charge on any atom is 0.325 e. The van der Waals surface area contributed by atoms with Crippen LogP contribution in [0.5, 0.6) is 0 Å². The standard InChI is InChI=1S/C13H14N2O3/c1-8(13(17)18)15-12(16)6-9-7-14-11-5-3-2-4-10(9)11/h2-5,7-8,14H,6H2,1H3,(H,15,16)(H,17,18). The van der Waals surface area contributed by atoms with Gasteiger partial charge in [-0.25, -0.2) is 0 Å². The Morgan fingerprint density at radius 1 is 1.39 bits per heavy atom. The lowest BCUT2D eigenvalue weighted by molar-refractivity contribution is -0.141. The first-order chi connectivity index (χ1) is 8.58. The third-order valence-electron chi connectivity index (χ3n) is 2.77. The molecule has 0 saturated heterocycles. The van der Waals surface area contributed by atoms with Gasteiger partial charge in [0.2, 0.25) is 5.91 Å². The van der Waals surface area contributed by atoms with Crippen LogP contribution in [0.2, 0.25) is 0 Å². The Hall–Kier alpha value is -2.30. The largest absolute Gasteiger partial charge is 0.480 e. The van der Waals surface area contributed by atoms with Crippen LogP contribution in [0.3, 0.4) is 0 Å². The van der Waals surface area contributed by atoms with Crippen molar-refractivity contribution in [2.75, 3.05) is 0 Å². The maximum absolute atomic E-state index is 11.7. The van der Waals surface area contributed by atoms with Gasteiger partial charge >= 0.3 is 5.97 Å². The third kappa shape index (κ3) is 2.51. The molecule has 0 aliphatic carbocycles. The highest BCUT2D eigenvalue weighted by atomic mass is 16.4. The van der Waals surface area contributed by atoms with Gasteiger partial charge in [0, 0.05) is 17.1 Å². The van der Waals surface area contributed by atoms with Gasteiger partial charge in [-0.1, -0.05) is 18.2 Å². The maximum atomic E-state index is 11.7. The minimum Gasteiger partial charge on any atom is -0.480 e. The van der Waals surface area contributed by atoms with Crippen molar-refractivity contribution in [3.8, 4) is 0 Å². The quantitative estimate of drug-likeness (QED) is 0.760. The molecule has 3 N–H and O–H groups in total. The normalized spacial score (nSPS) is 12.3. The van der Waals surface area contributed by atoms with E-state index in [-0.39, 0.29) is 12.3 Å². The number of para-hydroxylation sites is 1. The fourth-order valence-corrected chi connectivity index (χ4v) is 1.81. The minimum absolute atomic E-state index is 0.168. The average molecular weight is 246 g/mol. The lowest BCUT2D eigenvalue weighted by atomic mass is 10.1. The van der Waals surface area contributed by atoms with Crippen LogP contribution in [0.1, 0.15) is 12.5 Å². The van der Waals surface area contributed by atoms with Gasteiger partial charge in [0.15, 0.2) is 0 Å². The number of benzene rings is 1. The van der Waals surface area contributed by atoms with Crippen LogP contribution >= 0.6 is 0 Å². The van der Waals surface area contributed by atoms with Crippen LogP contribution in [0.4, 0.5) is 0 Å². The van der Waals surface area contributed by atoms with Crippen molar-refractivity contribution in [3.05, 3.63) is 36.0 Å². The number of aliphatic carboxylic acids is 1. The van der Waals surface area contributed by atoms with Gasteiger partial charge in [-0.2, -0.15) is 0 Å². The van der Waals surface area contributed by atoms with E-state index in [9.17, 15) is 9.59 Å². The molecule has 1 aromatic carbocycles. The van der Waals surface area contributed by atoms with E-state index in [1.807, 2.05) is 24.3 Å². The zero-order chi connectivity index (χ0) is 13.1. The Bertz CT molecular complexity index is 589. The number of aromatic amines is 1. The number of nitrogens with one attached hydrogen (secondary N) is 2. The molecule has 1 unspecified atom stereocenters. The molecule has 0 saturated carbocycles. The molecule has 0 fully saturated rings. The number of fused-ring (bicyclic) bond motifs is 1. The van der Waals surface area contributed by atoms with E-state index in [0.717, 1.165) is 16.5 Å². The smallest absolute Gasteiger partial charge is 0.325 e. The molecule has 0 spiro atoms. The summed E-state index contributed by atoms with van der Waals surface area (Å²) >= 11 is 0. The zero-order valence-electron chi connectivity index (χ0n) is 9.93. The number of carboxylic acid groups (broad SMARTS) is 1. The number of carbonyl (C=O) groups excluding carboxylic acids is 1. The van der Waals surface area contributed by atoms with Gasteiger partial charge in [0.1, 0.15) is 6.04 Å². The van der Waals surface area contributed by atoms with E-state index in [1.165, 1.54) is 6.92 Å². The number of H-pyrrole nitrogens is 1. The molecule has 0 bridgehead atoms. The van der Waals surface area contributed by atoms with Gasteiger partial charge in [-0.15, -0.1) is 0 Å². The predicted molar refractivity (Wildman–Crippen MR) is 67.2 cm³/mol. The van der Waals surface area contributed by atoms with Gasteiger partial charge in [-0.05, 0) is 18.6 Å². The molecule has 5 heteroatoms. The van der Waals surface area contributed by atoms with Crippen LogP contribution < -0.4 is 5.32 Å². The monoisotopic (exact) mass is 246 g/mol. The van der Waals surface area contributed by atoms with Gasteiger partial charge < -0.3 is 15.4 Å². The fourth-order valence-electron chi connectivity index (χ4n) is 1.81. The summed E-state index contributed by atoms with van der Waals surface area (Å²) in [5, 5.41) is 12.1. The molecular formula is C13H14N2O3. The summed E-state index contributed by atoms with van der Waals surface area (Å²) in [6.07, 6.45) is 1.94. The number of hydrogen-bond donors (Lipinski definition) is 3. The molecule has 2 rings (SSSR count).